The first-order valence-electron chi connectivity index (χ1n) is 14.1. The van der Waals surface area contributed by atoms with Crippen LogP contribution in [-0.2, 0) is 0 Å². The third-order valence-corrected chi connectivity index (χ3v) is 8.06. The number of pyridine rings is 1. The van der Waals surface area contributed by atoms with E-state index in [1.807, 2.05) is 35.2 Å². The number of aromatic amines is 1. The summed E-state index contributed by atoms with van der Waals surface area (Å²) in [5, 5.41) is 10.7. The second kappa shape index (κ2) is 11.3. The van der Waals surface area contributed by atoms with E-state index in [0.717, 1.165) is 5.82 Å². The molecule has 1 aliphatic carbocycles. The quantitative estimate of drug-likeness (QED) is 0.333. The Morgan fingerprint density at radius 3 is 2.40 bits per heavy atom. The third kappa shape index (κ3) is 5.47. The van der Waals surface area contributed by atoms with Crippen LogP contribution in [0.25, 0.3) is 22.9 Å². The van der Waals surface area contributed by atoms with E-state index < -0.39 is 5.56 Å². The molecule has 2 fully saturated rings. The van der Waals surface area contributed by atoms with E-state index in [4.69, 9.17) is 0 Å². The van der Waals surface area contributed by atoms with Gasteiger partial charge in [0.2, 0.25) is 0 Å². The molecule has 2 aliphatic rings. The first-order chi connectivity index (χ1) is 19.5. The number of aliphatic hydroxyl groups excluding tert-OH is 1. The molecule has 0 spiro atoms. The topological polar surface area (TPSA) is 102 Å². The highest BCUT2D eigenvalue weighted by Crippen LogP contribution is 2.33. The predicted octanol–water partition coefficient (Wildman–Crippen LogP) is 5.38. The van der Waals surface area contributed by atoms with Gasteiger partial charge in [0, 0.05) is 49.6 Å². The molecule has 6 rings (SSSR count). The summed E-state index contributed by atoms with van der Waals surface area (Å²) in [6.07, 6.45) is 9.46. The number of hydrogen-bond donors (Lipinski definition) is 2. The van der Waals surface area contributed by atoms with Crippen LogP contribution in [0.4, 0.5) is 5.82 Å². The first kappa shape index (κ1) is 25.8. The van der Waals surface area contributed by atoms with Crippen LogP contribution in [0.15, 0.2) is 71.7 Å². The first-order valence-corrected chi connectivity index (χ1v) is 14.1. The fourth-order valence-electron chi connectivity index (χ4n) is 5.77. The lowest BCUT2D eigenvalue weighted by atomic mass is 9.84. The number of rotatable bonds is 5. The molecule has 8 heteroatoms. The van der Waals surface area contributed by atoms with Crippen molar-refractivity contribution in [1.29, 1.82) is 0 Å². The zero-order valence-electron chi connectivity index (χ0n) is 22.4. The molecule has 1 saturated carbocycles. The van der Waals surface area contributed by atoms with Crippen LogP contribution in [0.5, 0.6) is 0 Å². The summed E-state index contributed by atoms with van der Waals surface area (Å²) < 4.78 is 0. The number of piperazine rings is 1. The number of benzene rings is 2. The molecule has 1 saturated heterocycles. The second-order valence-corrected chi connectivity index (χ2v) is 10.6. The fraction of sp³-hybridized carbons (Fsp3) is 0.312. The van der Waals surface area contributed by atoms with E-state index in [-0.39, 0.29) is 17.4 Å². The van der Waals surface area contributed by atoms with Gasteiger partial charge in [-0.05, 0) is 54.7 Å². The van der Waals surface area contributed by atoms with Crippen molar-refractivity contribution < 1.29 is 9.90 Å². The largest absolute Gasteiger partial charge is 0.507 e. The molecule has 8 nitrogen and oxygen atoms in total. The van der Waals surface area contributed by atoms with Gasteiger partial charge in [-0.3, -0.25) is 9.59 Å². The van der Waals surface area contributed by atoms with Crippen LogP contribution in [0, 0.1) is 0 Å². The number of nitrogens with one attached hydrogen (secondary N) is 1. The average molecular weight is 536 g/mol. The van der Waals surface area contributed by atoms with Crippen molar-refractivity contribution in [3.63, 3.8) is 0 Å². The Hall–Kier alpha value is -4.46. The fourth-order valence-corrected chi connectivity index (χ4v) is 5.77. The molecule has 0 bridgehead atoms. The average Bonchev–Trinajstić information content (AvgIpc) is 3.02. The zero-order chi connectivity index (χ0) is 27.5. The molecule has 204 valence electrons. The van der Waals surface area contributed by atoms with Gasteiger partial charge in [-0.1, -0.05) is 49.6 Å². The van der Waals surface area contributed by atoms with Crippen LogP contribution < -0.4 is 10.5 Å². The van der Waals surface area contributed by atoms with E-state index in [1.54, 1.807) is 24.4 Å². The molecule has 40 heavy (non-hydrogen) atoms. The number of amides is 1. The highest BCUT2D eigenvalue weighted by molar-refractivity contribution is 5.97. The summed E-state index contributed by atoms with van der Waals surface area (Å²) in [7, 11) is 0. The minimum Gasteiger partial charge on any atom is -0.507 e. The number of fused-ring (bicyclic) bond motifs is 1. The van der Waals surface area contributed by atoms with Crippen molar-refractivity contribution in [1.82, 2.24) is 19.9 Å². The summed E-state index contributed by atoms with van der Waals surface area (Å²) in [6, 6.07) is 18.9. The van der Waals surface area contributed by atoms with Crippen molar-refractivity contribution >= 4 is 34.6 Å². The number of H-pyrrole nitrogens is 1. The molecular formula is C32H33N5O3. The minimum atomic E-state index is -0.425. The van der Waals surface area contributed by atoms with E-state index in [2.05, 4.69) is 32.0 Å². The van der Waals surface area contributed by atoms with Crippen LogP contribution in [-0.4, -0.2) is 57.0 Å². The number of carbonyl (C=O) groups excluding carboxylic acids is 1. The van der Waals surface area contributed by atoms with Crippen molar-refractivity contribution in [2.75, 3.05) is 31.1 Å². The normalized spacial score (nSPS) is 16.9. The monoisotopic (exact) mass is 535 g/mol. The Morgan fingerprint density at radius 2 is 1.68 bits per heavy atom. The van der Waals surface area contributed by atoms with E-state index in [9.17, 15) is 14.7 Å². The van der Waals surface area contributed by atoms with Crippen molar-refractivity contribution in [2.45, 2.75) is 38.0 Å². The van der Waals surface area contributed by atoms with Gasteiger partial charge in [0.25, 0.3) is 11.5 Å². The summed E-state index contributed by atoms with van der Waals surface area (Å²) >= 11 is 0. The molecular weight excluding hydrogens is 502 g/mol. The third-order valence-electron chi connectivity index (χ3n) is 8.06. The summed E-state index contributed by atoms with van der Waals surface area (Å²) in [6.45, 7) is 2.59. The number of carbonyl (C=O) groups is 1. The molecule has 1 aliphatic heterocycles. The molecule has 2 aromatic heterocycles. The van der Waals surface area contributed by atoms with Crippen LogP contribution >= 0.6 is 0 Å². The number of aromatic nitrogens is 3. The lowest BCUT2D eigenvalue weighted by Crippen LogP contribution is -2.49. The Labute approximate surface area is 233 Å². The lowest BCUT2D eigenvalue weighted by Gasteiger charge is -2.35. The zero-order valence-corrected chi connectivity index (χ0v) is 22.4. The minimum absolute atomic E-state index is 0.0100. The Morgan fingerprint density at radius 1 is 0.925 bits per heavy atom. The lowest BCUT2D eigenvalue weighted by molar-refractivity contribution is 0.0746. The number of nitrogens with zero attached hydrogens (tertiary/aromatic N) is 4. The number of aliphatic hydroxyl groups is 1. The molecule has 4 aromatic rings. The standard InChI is InChI=1S/C32H33N5O3/c38-29(24-11-9-23(10-12-24)22-6-2-1-3-7-22)21-28-31(39)35-27-20-25(13-14-26(27)34-28)32(40)37-18-16-36(17-19-37)30-8-4-5-15-33-30/h4-5,8-15,20-22,38H,1-3,6-7,16-19H2,(H,35,39)/b29-21-. The SMILES string of the molecule is O=C(c1ccc2nc(/C=C(\O)c3ccc(C4CCCCC4)cc3)c(=O)[nH]c2c1)N1CCN(c2ccccn2)CC1. The Balaban J connectivity index is 1.16. The van der Waals surface area contributed by atoms with Crippen molar-refractivity contribution in [3.05, 3.63) is 99.6 Å². The number of anilines is 1. The van der Waals surface area contributed by atoms with Crippen molar-refractivity contribution in [2.24, 2.45) is 0 Å². The van der Waals surface area contributed by atoms with E-state index in [1.165, 1.54) is 43.7 Å². The Kier molecular flexibility index (Phi) is 7.31. The van der Waals surface area contributed by atoms with Gasteiger partial charge >= 0.3 is 0 Å². The van der Waals surface area contributed by atoms with Crippen LogP contribution in [0.2, 0.25) is 0 Å². The van der Waals surface area contributed by atoms with Gasteiger partial charge < -0.3 is 19.9 Å². The van der Waals surface area contributed by atoms with Crippen LogP contribution in [0.1, 0.15) is 65.2 Å². The van der Waals surface area contributed by atoms with E-state index >= 15 is 0 Å². The molecule has 1 amide bonds. The maximum Gasteiger partial charge on any atom is 0.274 e. The molecule has 0 atom stereocenters. The Bertz CT molecular complexity index is 1580. The predicted molar refractivity (Wildman–Crippen MR) is 157 cm³/mol. The van der Waals surface area contributed by atoms with E-state index in [0.29, 0.717) is 54.3 Å². The van der Waals surface area contributed by atoms with Gasteiger partial charge in [-0.2, -0.15) is 0 Å². The van der Waals surface area contributed by atoms with Gasteiger partial charge in [0.15, 0.2) is 0 Å². The summed E-state index contributed by atoms with van der Waals surface area (Å²) in [5.41, 5.74) is 3.17. The second-order valence-electron chi connectivity index (χ2n) is 10.6. The smallest absolute Gasteiger partial charge is 0.274 e. The number of hydrogen-bond acceptors (Lipinski definition) is 6. The van der Waals surface area contributed by atoms with Crippen molar-refractivity contribution in [3.8, 4) is 0 Å². The highest BCUT2D eigenvalue weighted by Gasteiger charge is 2.23. The molecule has 3 heterocycles. The van der Waals surface area contributed by atoms with Crippen LogP contribution in [0.3, 0.4) is 0 Å². The summed E-state index contributed by atoms with van der Waals surface area (Å²) in [5.74, 6) is 1.41. The molecule has 0 unspecified atom stereocenters. The summed E-state index contributed by atoms with van der Waals surface area (Å²) in [4.78, 5) is 41.7. The molecule has 2 N–H and O–H groups in total. The van der Waals surface area contributed by atoms with Gasteiger partial charge in [-0.15, -0.1) is 0 Å². The molecule has 0 radical (unpaired) electrons. The maximum absolute atomic E-state index is 13.2. The van der Waals surface area contributed by atoms with Gasteiger partial charge in [0.05, 0.1) is 11.0 Å². The molecule has 2 aromatic carbocycles. The highest BCUT2D eigenvalue weighted by atomic mass is 16.3. The van der Waals surface area contributed by atoms with Gasteiger partial charge in [0.1, 0.15) is 17.3 Å². The van der Waals surface area contributed by atoms with Gasteiger partial charge in [-0.25, -0.2) is 9.97 Å². The maximum atomic E-state index is 13.2.